The second-order valence-electron chi connectivity index (χ2n) is 15.4. The highest BCUT2D eigenvalue weighted by molar-refractivity contribution is 8.00. The Kier molecular flexibility index (Phi) is 15.9. The van der Waals surface area contributed by atoms with Crippen LogP contribution >= 0.6 is 23.5 Å². The van der Waals surface area contributed by atoms with E-state index in [1.807, 2.05) is 113 Å². The SMILES string of the molecule is CC[C@@H](NC[C@H](CSC(c1ccccc1)(c1ccccc1)c1ccccc1)NC(=O)OC(C)(C)C)C(=O)N1Cc2ccccc2C[C@H]1C(=O)N[C@@H](CCSC)C(=O)O. The third-order valence-corrected chi connectivity index (χ3v) is 12.5. The van der Waals surface area contributed by atoms with Crippen LogP contribution in [0.5, 0.6) is 0 Å². The van der Waals surface area contributed by atoms with Crippen LogP contribution in [0.3, 0.4) is 0 Å². The molecular weight excluding hydrogens is 769 g/mol. The number of thioether (sulfide) groups is 2. The summed E-state index contributed by atoms with van der Waals surface area (Å²) in [7, 11) is 0. The lowest BCUT2D eigenvalue weighted by Crippen LogP contribution is -2.59. The molecule has 58 heavy (non-hydrogen) atoms. The fourth-order valence-corrected chi connectivity index (χ4v) is 9.29. The van der Waals surface area contributed by atoms with Crippen molar-refractivity contribution in [3.8, 4) is 0 Å². The number of alkyl carbamates (subject to hydrolysis) is 1. The predicted octanol–water partition coefficient (Wildman–Crippen LogP) is 7.25. The zero-order valence-corrected chi connectivity index (χ0v) is 35.6. The molecule has 4 aromatic rings. The Hall–Kier alpha value is -4.78. The van der Waals surface area contributed by atoms with Crippen LogP contribution in [0.4, 0.5) is 4.79 Å². The van der Waals surface area contributed by atoms with Crippen molar-refractivity contribution in [1.82, 2.24) is 20.9 Å². The van der Waals surface area contributed by atoms with Crippen LogP contribution in [0.1, 0.15) is 68.4 Å². The van der Waals surface area contributed by atoms with E-state index in [0.717, 1.165) is 27.8 Å². The molecule has 1 aliphatic heterocycles. The largest absolute Gasteiger partial charge is 0.480 e. The number of hydrogen-bond donors (Lipinski definition) is 4. The van der Waals surface area contributed by atoms with E-state index in [2.05, 4.69) is 52.3 Å². The molecule has 0 saturated carbocycles. The van der Waals surface area contributed by atoms with Crippen molar-refractivity contribution < 1.29 is 29.0 Å². The van der Waals surface area contributed by atoms with Crippen LogP contribution in [-0.2, 0) is 36.8 Å². The van der Waals surface area contributed by atoms with Gasteiger partial charge < -0.3 is 30.7 Å². The number of benzene rings is 4. The molecule has 0 bridgehead atoms. The highest BCUT2D eigenvalue weighted by Crippen LogP contribution is 2.48. The quantitative estimate of drug-likeness (QED) is 0.0766. The molecule has 308 valence electrons. The minimum Gasteiger partial charge on any atom is -0.480 e. The average molecular weight is 825 g/mol. The molecule has 3 amide bonds. The fraction of sp³-hybridized carbons (Fsp3) is 0.391. The number of rotatable bonds is 18. The van der Waals surface area contributed by atoms with Crippen LogP contribution in [0.15, 0.2) is 115 Å². The van der Waals surface area contributed by atoms with Crippen LogP contribution in [0.2, 0.25) is 0 Å². The van der Waals surface area contributed by atoms with Gasteiger partial charge in [-0.25, -0.2) is 9.59 Å². The van der Waals surface area contributed by atoms with Gasteiger partial charge in [-0.15, -0.1) is 11.8 Å². The van der Waals surface area contributed by atoms with E-state index in [0.29, 0.717) is 17.9 Å². The van der Waals surface area contributed by atoms with Crippen LogP contribution in [0.25, 0.3) is 0 Å². The molecule has 0 unspecified atom stereocenters. The normalized spacial score (nSPS) is 15.7. The summed E-state index contributed by atoms with van der Waals surface area (Å²) in [4.78, 5) is 55.5. The lowest BCUT2D eigenvalue weighted by Gasteiger charge is -2.39. The van der Waals surface area contributed by atoms with E-state index in [-0.39, 0.29) is 31.8 Å². The van der Waals surface area contributed by atoms with Gasteiger partial charge >= 0.3 is 12.1 Å². The maximum Gasteiger partial charge on any atom is 0.407 e. The van der Waals surface area contributed by atoms with Crippen molar-refractivity contribution in [2.45, 2.75) is 88.0 Å². The number of carbonyl (C=O) groups excluding carboxylic acids is 3. The fourth-order valence-electron chi connectivity index (χ4n) is 7.26. The highest BCUT2D eigenvalue weighted by atomic mass is 32.2. The first-order chi connectivity index (χ1) is 27.9. The molecule has 4 atom stereocenters. The van der Waals surface area contributed by atoms with Crippen LogP contribution in [-0.4, -0.2) is 88.0 Å². The van der Waals surface area contributed by atoms with Crippen molar-refractivity contribution in [2.24, 2.45) is 0 Å². The number of amides is 3. The standard InChI is InChI=1S/C46H56N4O6S2/c1-6-38(42(52)50-30-33-19-17-16-18-32(33)28-40(50)41(51)49-39(43(53)54)26-27-57-5)47-29-37(48-44(55)56-45(2,3)4)31-58-46(34-20-10-7-11-21-34,35-22-12-8-13-23-35)36-24-14-9-15-25-36/h7-25,37-40,47H,6,26-31H2,1-5H3,(H,48,55)(H,49,51)(H,53,54)/t37-,38-,39+,40+/m1/s1. The number of fused-ring (bicyclic) bond motifs is 1. The van der Waals surface area contributed by atoms with Crippen molar-refractivity contribution in [1.29, 1.82) is 0 Å². The first-order valence-corrected chi connectivity index (χ1v) is 22.2. The zero-order chi connectivity index (χ0) is 41.7. The minimum absolute atomic E-state index is 0.205. The Morgan fingerprint density at radius 2 is 1.33 bits per heavy atom. The van der Waals surface area contributed by atoms with Crippen molar-refractivity contribution in [2.75, 3.05) is 24.3 Å². The van der Waals surface area contributed by atoms with E-state index >= 15 is 0 Å². The molecule has 0 aliphatic carbocycles. The Balaban J connectivity index is 1.43. The van der Waals surface area contributed by atoms with E-state index < -0.39 is 52.5 Å². The molecule has 10 nitrogen and oxygen atoms in total. The lowest BCUT2D eigenvalue weighted by atomic mass is 9.84. The molecular formula is C46H56N4O6S2. The first-order valence-electron chi connectivity index (χ1n) is 19.8. The Morgan fingerprint density at radius 1 is 0.793 bits per heavy atom. The number of carboxylic acids is 1. The van der Waals surface area contributed by atoms with Crippen molar-refractivity contribution in [3.05, 3.63) is 143 Å². The van der Waals surface area contributed by atoms with Crippen LogP contribution < -0.4 is 16.0 Å². The molecule has 0 aromatic heterocycles. The number of carboxylic acid groups (broad SMARTS) is 1. The molecule has 0 radical (unpaired) electrons. The molecule has 1 heterocycles. The van der Waals surface area contributed by atoms with E-state index in [4.69, 9.17) is 4.74 Å². The molecule has 0 saturated heterocycles. The maximum atomic E-state index is 14.6. The summed E-state index contributed by atoms with van der Waals surface area (Å²) in [5, 5.41) is 19.2. The number of nitrogens with one attached hydrogen (secondary N) is 3. The van der Waals surface area contributed by atoms with Gasteiger partial charge in [0.2, 0.25) is 11.8 Å². The monoisotopic (exact) mass is 824 g/mol. The number of hydrogen-bond acceptors (Lipinski definition) is 8. The van der Waals surface area contributed by atoms with E-state index in [9.17, 15) is 24.3 Å². The van der Waals surface area contributed by atoms with Gasteiger partial charge in [-0.1, -0.05) is 122 Å². The molecule has 4 aromatic carbocycles. The van der Waals surface area contributed by atoms with Gasteiger partial charge in [-0.2, -0.15) is 11.8 Å². The molecule has 4 N–H and O–H groups in total. The summed E-state index contributed by atoms with van der Waals surface area (Å²) in [6.45, 7) is 7.78. The third-order valence-electron chi connectivity index (χ3n) is 10.1. The van der Waals surface area contributed by atoms with E-state index in [1.54, 1.807) is 16.7 Å². The second-order valence-corrected chi connectivity index (χ2v) is 17.7. The van der Waals surface area contributed by atoms with Crippen molar-refractivity contribution in [3.63, 3.8) is 0 Å². The Morgan fingerprint density at radius 3 is 1.83 bits per heavy atom. The van der Waals surface area contributed by atoms with E-state index in [1.165, 1.54) is 11.8 Å². The minimum atomic E-state index is -1.11. The Labute approximate surface area is 351 Å². The number of nitrogens with zero attached hydrogens (tertiary/aromatic N) is 1. The van der Waals surface area contributed by atoms with Gasteiger partial charge in [0.05, 0.1) is 16.8 Å². The predicted molar refractivity (Wildman–Crippen MR) is 234 cm³/mol. The second kappa shape index (κ2) is 20.8. The van der Waals surface area contributed by atoms with Gasteiger partial charge in [-0.05, 0) is 73.4 Å². The summed E-state index contributed by atoms with van der Waals surface area (Å²) >= 11 is 3.20. The number of aliphatic carboxylic acids is 1. The van der Waals surface area contributed by atoms with Gasteiger partial charge in [0, 0.05) is 25.3 Å². The van der Waals surface area contributed by atoms with Gasteiger partial charge in [0.15, 0.2) is 0 Å². The molecule has 12 heteroatoms. The summed E-state index contributed by atoms with van der Waals surface area (Å²) in [6, 6.07) is 35.5. The highest BCUT2D eigenvalue weighted by Gasteiger charge is 2.40. The Bertz CT molecular complexity index is 1860. The summed E-state index contributed by atoms with van der Waals surface area (Å²) in [5.74, 6) is -0.878. The van der Waals surface area contributed by atoms with Gasteiger partial charge in [0.1, 0.15) is 17.7 Å². The lowest BCUT2D eigenvalue weighted by molar-refractivity contribution is -0.146. The van der Waals surface area contributed by atoms with Gasteiger partial charge in [0.25, 0.3) is 0 Å². The molecule has 0 fully saturated rings. The summed E-state index contributed by atoms with van der Waals surface area (Å²) < 4.78 is 5.08. The number of ether oxygens (including phenoxy) is 1. The topological polar surface area (TPSA) is 137 Å². The zero-order valence-electron chi connectivity index (χ0n) is 34.0. The maximum absolute atomic E-state index is 14.6. The third kappa shape index (κ3) is 11.4. The summed E-state index contributed by atoms with van der Waals surface area (Å²) in [6.07, 6.45) is 2.26. The number of carbonyl (C=O) groups is 4. The average Bonchev–Trinajstić information content (AvgIpc) is 3.22. The van der Waals surface area contributed by atoms with Crippen LogP contribution in [0, 0.1) is 0 Å². The molecule has 5 rings (SSSR count). The molecule has 1 aliphatic rings. The summed E-state index contributed by atoms with van der Waals surface area (Å²) in [5.41, 5.74) is 4.39. The van der Waals surface area contributed by atoms with Crippen molar-refractivity contribution >= 4 is 47.4 Å². The van der Waals surface area contributed by atoms with Gasteiger partial charge in [-0.3, -0.25) is 9.59 Å². The first kappa shape index (κ1) is 44.3. The smallest absolute Gasteiger partial charge is 0.407 e. The molecule has 0 spiro atoms.